The molecule has 0 atom stereocenters. The second-order valence-electron chi connectivity index (χ2n) is 4.65. The minimum atomic E-state index is 0.386. The molecule has 4 nitrogen and oxygen atoms in total. The molecule has 106 valence electrons. The third kappa shape index (κ3) is 2.60. The molecule has 5 heteroatoms. The standard InChI is InChI=1S/C16H15N3OS/c1-2-19-10-11(9-18-19)20-15-8-7-14(16(17)21)12-5-3-4-6-13(12)15/h3-10H,2H2,1H3,(H2,17,21). The lowest BCUT2D eigenvalue weighted by molar-refractivity contribution is 0.487. The maximum atomic E-state index is 5.94. The highest BCUT2D eigenvalue weighted by Crippen LogP contribution is 2.31. The molecule has 3 rings (SSSR count). The van der Waals surface area contributed by atoms with E-state index in [0.29, 0.717) is 10.7 Å². The number of nitrogens with two attached hydrogens (primary N) is 1. The Balaban J connectivity index is 2.07. The first-order valence-electron chi connectivity index (χ1n) is 6.71. The number of thiocarbonyl (C=S) groups is 1. The van der Waals surface area contributed by atoms with Crippen molar-refractivity contribution in [3.63, 3.8) is 0 Å². The molecule has 0 saturated carbocycles. The molecule has 0 aliphatic carbocycles. The lowest BCUT2D eigenvalue weighted by Crippen LogP contribution is -2.09. The fourth-order valence-electron chi connectivity index (χ4n) is 2.27. The molecule has 1 aromatic heterocycles. The number of rotatable bonds is 4. The van der Waals surface area contributed by atoms with Gasteiger partial charge in [0.25, 0.3) is 0 Å². The van der Waals surface area contributed by atoms with E-state index in [1.165, 1.54) is 0 Å². The Labute approximate surface area is 128 Å². The lowest BCUT2D eigenvalue weighted by atomic mass is 10.0. The number of hydrogen-bond acceptors (Lipinski definition) is 3. The zero-order valence-electron chi connectivity index (χ0n) is 11.6. The summed E-state index contributed by atoms with van der Waals surface area (Å²) in [5.41, 5.74) is 6.64. The monoisotopic (exact) mass is 297 g/mol. The fourth-order valence-corrected chi connectivity index (χ4v) is 2.45. The van der Waals surface area contributed by atoms with Gasteiger partial charge >= 0.3 is 0 Å². The van der Waals surface area contributed by atoms with E-state index in [1.54, 1.807) is 6.20 Å². The summed E-state index contributed by atoms with van der Waals surface area (Å²) in [5.74, 6) is 1.48. The number of aryl methyl sites for hydroxylation is 1. The number of benzene rings is 2. The number of hydrogen-bond donors (Lipinski definition) is 1. The summed E-state index contributed by atoms with van der Waals surface area (Å²) >= 11 is 5.11. The summed E-state index contributed by atoms with van der Waals surface area (Å²) in [7, 11) is 0. The van der Waals surface area contributed by atoms with Gasteiger partial charge in [0.1, 0.15) is 10.7 Å². The van der Waals surface area contributed by atoms with E-state index < -0.39 is 0 Å². The molecule has 0 aliphatic heterocycles. The molecule has 3 aromatic rings. The SMILES string of the molecule is CCn1cc(Oc2ccc(C(N)=S)c3ccccc23)cn1. The van der Waals surface area contributed by atoms with Crippen LogP contribution in [0.1, 0.15) is 12.5 Å². The second-order valence-corrected chi connectivity index (χ2v) is 5.09. The summed E-state index contributed by atoms with van der Waals surface area (Å²) in [6.07, 6.45) is 3.58. The van der Waals surface area contributed by atoms with Crippen molar-refractivity contribution in [3.8, 4) is 11.5 Å². The van der Waals surface area contributed by atoms with Gasteiger partial charge in [0.15, 0.2) is 5.75 Å². The van der Waals surface area contributed by atoms with Crippen LogP contribution in [0.25, 0.3) is 10.8 Å². The molecule has 0 amide bonds. The minimum Gasteiger partial charge on any atom is -0.453 e. The summed E-state index contributed by atoms with van der Waals surface area (Å²) in [6.45, 7) is 2.84. The Morgan fingerprint density at radius 2 is 2.00 bits per heavy atom. The highest BCUT2D eigenvalue weighted by molar-refractivity contribution is 7.80. The molecule has 1 heterocycles. The zero-order valence-corrected chi connectivity index (χ0v) is 12.4. The van der Waals surface area contributed by atoms with Crippen LogP contribution in [0.2, 0.25) is 0 Å². The van der Waals surface area contributed by atoms with E-state index in [0.717, 1.165) is 28.6 Å². The third-order valence-electron chi connectivity index (χ3n) is 3.31. The predicted molar refractivity (Wildman–Crippen MR) is 87.8 cm³/mol. The third-order valence-corrected chi connectivity index (χ3v) is 3.53. The molecule has 0 bridgehead atoms. The maximum absolute atomic E-state index is 5.94. The molecule has 0 saturated heterocycles. The average molecular weight is 297 g/mol. The van der Waals surface area contributed by atoms with Gasteiger partial charge in [-0.05, 0) is 24.4 Å². The van der Waals surface area contributed by atoms with Crippen molar-refractivity contribution in [2.45, 2.75) is 13.5 Å². The highest BCUT2D eigenvalue weighted by atomic mass is 32.1. The summed E-state index contributed by atoms with van der Waals surface area (Å²) in [5, 5.41) is 6.18. The van der Waals surface area contributed by atoms with Crippen molar-refractivity contribution in [3.05, 3.63) is 54.4 Å². The van der Waals surface area contributed by atoms with Gasteiger partial charge in [0.2, 0.25) is 0 Å². The Morgan fingerprint density at radius 1 is 1.24 bits per heavy atom. The molecule has 21 heavy (non-hydrogen) atoms. The van der Waals surface area contributed by atoms with E-state index >= 15 is 0 Å². The van der Waals surface area contributed by atoms with Crippen LogP contribution < -0.4 is 10.5 Å². The van der Waals surface area contributed by atoms with Gasteiger partial charge in [-0.25, -0.2) is 0 Å². The van der Waals surface area contributed by atoms with Gasteiger partial charge in [-0.1, -0.05) is 36.5 Å². The van der Waals surface area contributed by atoms with Crippen LogP contribution in [0, 0.1) is 0 Å². The van der Waals surface area contributed by atoms with Crippen molar-refractivity contribution in [2.75, 3.05) is 0 Å². The van der Waals surface area contributed by atoms with Crippen LogP contribution in [-0.2, 0) is 6.54 Å². The zero-order chi connectivity index (χ0) is 14.8. The van der Waals surface area contributed by atoms with Crippen LogP contribution in [0.15, 0.2) is 48.8 Å². The van der Waals surface area contributed by atoms with E-state index in [1.807, 2.05) is 54.2 Å². The van der Waals surface area contributed by atoms with Crippen LogP contribution in [0.4, 0.5) is 0 Å². The first-order chi connectivity index (χ1) is 10.2. The van der Waals surface area contributed by atoms with Crippen molar-refractivity contribution < 1.29 is 4.74 Å². The van der Waals surface area contributed by atoms with E-state index in [4.69, 9.17) is 22.7 Å². The molecule has 0 aliphatic rings. The Kier molecular flexibility index (Phi) is 3.58. The second kappa shape index (κ2) is 5.54. The van der Waals surface area contributed by atoms with Crippen molar-refractivity contribution >= 4 is 28.0 Å². The number of ether oxygens (including phenoxy) is 1. The molecule has 0 spiro atoms. The maximum Gasteiger partial charge on any atom is 0.165 e. The number of fused-ring (bicyclic) bond motifs is 1. The quantitative estimate of drug-likeness (QED) is 0.749. The minimum absolute atomic E-state index is 0.386. The Morgan fingerprint density at radius 3 is 2.67 bits per heavy atom. The van der Waals surface area contributed by atoms with Crippen LogP contribution in [0.3, 0.4) is 0 Å². The van der Waals surface area contributed by atoms with E-state index in [9.17, 15) is 0 Å². The summed E-state index contributed by atoms with van der Waals surface area (Å²) in [6, 6.07) is 11.7. The first-order valence-corrected chi connectivity index (χ1v) is 7.11. The molecule has 2 aromatic carbocycles. The summed E-state index contributed by atoms with van der Waals surface area (Å²) in [4.78, 5) is 0.386. The normalized spacial score (nSPS) is 10.7. The van der Waals surface area contributed by atoms with Crippen molar-refractivity contribution in [2.24, 2.45) is 5.73 Å². The Bertz CT molecular complexity index is 810. The highest BCUT2D eigenvalue weighted by Gasteiger charge is 2.09. The van der Waals surface area contributed by atoms with Crippen molar-refractivity contribution in [1.29, 1.82) is 0 Å². The molecule has 2 N–H and O–H groups in total. The van der Waals surface area contributed by atoms with Gasteiger partial charge in [-0.2, -0.15) is 5.10 Å². The lowest BCUT2D eigenvalue weighted by Gasteiger charge is -2.10. The fraction of sp³-hybridized carbons (Fsp3) is 0.125. The van der Waals surface area contributed by atoms with Crippen LogP contribution >= 0.6 is 12.2 Å². The summed E-state index contributed by atoms with van der Waals surface area (Å²) < 4.78 is 7.76. The van der Waals surface area contributed by atoms with Gasteiger partial charge in [0, 0.05) is 17.5 Å². The van der Waals surface area contributed by atoms with Gasteiger partial charge < -0.3 is 10.5 Å². The van der Waals surface area contributed by atoms with E-state index in [-0.39, 0.29) is 0 Å². The molecule has 0 fully saturated rings. The van der Waals surface area contributed by atoms with Crippen molar-refractivity contribution in [1.82, 2.24) is 9.78 Å². The number of nitrogens with zero attached hydrogens (tertiary/aromatic N) is 2. The number of aromatic nitrogens is 2. The largest absolute Gasteiger partial charge is 0.453 e. The van der Waals surface area contributed by atoms with E-state index in [2.05, 4.69) is 5.10 Å². The smallest absolute Gasteiger partial charge is 0.165 e. The van der Waals surface area contributed by atoms with Gasteiger partial charge in [-0.3, -0.25) is 4.68 Å². The molecule has 0 unspecified atom stereocenters. The van der Waals surface area contributed by atoms with Crippen LogP contribution in [0.5, 0.6) is 11.5 Å². The van der Waals surface area contributed by atoms with Gasteiger partial charge in [-0.15, -0.1) is 0 Å². The van der Waals surface area contributed by atoms with Crippen LogP contribution in [-0.4, -0.2) is 14.8 Å². The predicted octanol–water partition coefficient (Wildman–Crippen LogP) is 3.48. The Hall–Kier alpha value is -2.40. The molecule has 0 radical (unpaired) electrons. The topological polar surface area (TPSA) is 53.1 Å². The molecular weight excluding hydrogens is 282 g/mol. The first kappa shape index (κ1) is 13.6. The average Bonchev–Trinajstić information content (AvgIpc) is 2.95. The molecular formula is C16H15N3OS. The van der Waals surface area contributed by atoms with Gasteiger partial charge in [0.05, 0.1) is 12.4 Å².